The van der Waals surface area contributed by atoms with E-state index in [1.807, 2.05) is 6.07 Å². The lowest BCUT2D eigenvalue weighted by Crippen LogP contribution is -2.33. The van der Waals surface area contributed by atoms with Crippen molar-refractivity contribution < 1.29 is 4.85 Å². The van der Waals surface area contributed by atoms with E-state index in [-0.39, 0.29) is 5.95 Å². The van der Waals surface area contributed by atoms with Crippen LogP contribution >= 0.6 is 0 Å². The van der Waals surface area contributed by atoms with Crippen molar-refractivity contribution in [3.05, 3.63) is 29.0 Å². The summed E-state index contributed by atoms with van der Waals surface area (Å²) in [5.41, 5.74) is 7.49. The molecule has 0 fully saturated rings. The second-order valence-electron chi connectivity index (χ2n) is 3.75. The summed E-state index contributed by atoms with van der Waals surface area (Å²) in [4.78, 5) is 4.50. The lowest BCUT2D eigenvalue weighted by Gasteiger charge is -2.05. The highest BCUT2D eigenvalue weighted by Gasteiger charge is 2.10. The van der Waals surface area contributed by atoms with Gasteiger partial charge in [0.2, 0.25) is 0 Å². The van der Waals surface area contributed by atoms with Crippen molar-refractivity contribution in [2.24, 2.45) is 0 Å². The first kappa shape index (κ1) is 9.64. The van der Waals surface area contributed by atoms with Gasteiger partial charge in [-0.25, -0.2) is 4.98 Å². The molecular weight excluding hydrogens is 192 g/mol. The molecule has 0 unspecified atom stereocenters. The van der Waals surface area contributed by atoms with Crippen molar-refractivity contribution >= 4 is 17.0 Å². The maximum atomic E-state index is 11.5. The fourth-order valence-corrected chi connectivity index (χ4v) is 1.44. The number of nitrogens with two attached hydrogens (primary N) is 1. The van der Waals surface area contributed by atoms with E-state index in [0.717, 1.165) is 5.56 Å². The number of nitrogen functional groups attached to an aromatic ring is 1. The van der Waals surface area contributed by atoms with E-state index in [1.165, 1.54) is 0 Å². The largest absolute Gasteiger partial charge is 0.594 e. The molecule has 1 aromatic carbocycles. The van der Waals surface area contributed by atoms with E-state index in [2.05, 4.69) is 23.9 Å². The number of rotatable bonds is 1. The van der Waals surface area contributed by atoms with Gasteiger partial charge in [-0.05, 0) is 22.4 Å². The topological polar surface area (TPSA) is 78.7 Å². The molecule has 5 nitrogen and oxygen atoms in total. The van der Waals surface area contributed by atoms with Gasteiger partial charge in [0.05, 0.1) is 5.10 Å². The highest BCUT2D eigenvalue weighted by molar-refractivity contribution is 5.72. The molecule has 2 aromatic rings. The molecule has 1 heterocycles. The number of aromatic nitrogens is 3. The quantitative estimate of drug-likeness (QED) is 0.554. The van der Waals surface area contributed by atoms with Crippen molar-refractivity contribution in [3.63, 3.8) is 0 Å². The lowest BCUT2D eigenvalue weighted by molar-refractivity contribution is -0.641. The summed E-state index contributed by atoms with van der Waals surface area (Å²) in [5.74, 6) is 0.363. The number of benzene rings is 1. The third-order valence-corrected chi connectivity index (χ3v) is 2.30. The van der Waals surface area contributed by atoms with Crippen LogP contribution in [-0.4, -0.2) is 10.1 Å². The molecule has 2 N–H and O–H groups in total. The minimum Gasteiger partial charge on any atom is -0.594 e. The molecule has 15 heavy (non-hydrogen) atoms. The molecule has 0 saturated heterocycles. The Hall–Kier alpha value is -1.91. The van der Waals surface area contributed by atoms with Crippen LogP contribution in [0.2, 0.25) is 0 Å². The van der Waals surface area contributed by atoms with Gasteiger partial charge in [0, 0.05) is 6.07 Å². The van der Waals surface area contributed by atoms with E-state index in [1.54, 1.807) is 12.1 Å². The molecule has 78 valence electrons. The maximum Gasteiger partial charge on any atom is 0.288 e. The molecule has 0 aliphatic rings. The SMILES string of the molecule is CC(C)c1ccc2nc(N)n[n+]([O-])c2c1. The average Bonchev–Trinajstić information content (AvgIpc) is 2.16. The number of nitrogens with zero attached hydrogens (tertiary/aromatic N) is 3. The third kappa shape index (κ3) is 1.68. The fourth-order valence-electron chi connectivity index (χ4n) is 1.44. The van der Waals surface area contributed by atoms with Crippen LogP contribution in [0.15, 0.2) is 18.2 Å². The summed E-state index contributed by atoms with van der Waals surface area (Å²) in [7, 11) is 0. The van der Waals surface area contributed by atoms with Gasteiger partial charge in [-0.2, -0.15) is 0 Å². The smallest absolute Gasteiger partial charge is 0.288 e. The summed E-state index contributed by atoms with van der Waals surface area (Å²) >= 11 is 0. The van der Waals surface area contributed by atoms with Gasteiger partial charge < -0.3 is 10.9 Å². The van der Waals surface area contributed by atoms with Gasteiger partial charge in [-0.1, -0.05) is 19.9 Å². The predicted octanol–water partition coefficient (Wildman–Crippen LogP) is 0.969. The number of fused-ring (bicyclic) bond motifs is 1. The molecule has 0 aliphatic carbocycles. The summed E-state index contributed by atoms with van der Waals surface area (Å²) in [5, 5.41) is 15.0. The monoisotopic (exact) mass is 204 g/mol. The Morgan fingerprint density at radius 3 is 2.80 bits per heavy atom. The molecule has 0 amide bonds. The van der Waals surface area contributed by atoms with E-state index >= 15 is 0 Å². The van der Waals surface area contributed by atoms with Gasteiger partial charge in [-0.15, -0.1) is 0 Å². The van der Waals surface area contributed by atoms with Crippen LogP contribution in [0.4, 0.5) is 5.95 Å². The first-order valence-electron chi connectivity index (χ1n) is 4.75. The Balaban J connectivity index is 2.71. The van der Waals surface area contributed by atoms with Crippen molar-refractivity contribution in [2.45, 2.75) is 19.8 Å². The van der Waals surface area contributed by atoms with Gasteiger partial charge in [0.15, 0.2) is 0 Å². The van der Waals surface area contributed by atoms with Crippen molar-refractivity contribution in [1.29, 1.82) is 0 Å². The van der Waals surface area contributed by atoms with Crippen LogP contribution in [0, 0.1) is 5.21 Å². The Bertz CT molecular complexity index is 510. The van der Waals surface area contributed by atoms with Crippen LogP contribution in [0.25, 0.3) is 11.0 Å². The standard InChI is InChI=1S/C10H12N4O/c1-6(2)7-3-4-8-9(5-7)14(15)13-10(11)12-8/h3-6H,1-2H3,(H2,11,12,13). The average molecular weight is 204 g/mol. The van der Waals surface area contributed by atoms with Crippen LogP contribution in [0.3, 0.4) is 0 Å². The van der Waals surface area contributed by atoms with E-state index < -0.39 is 0 Å². The molecule has 0 bridgehead atoms. The van der Waals surface area contributed by atoms with Gasteiger partial charge >= 0.3 is 0 Å². The minimum atomic E-state index is -0.00482. The lowest BCUT2D eigenvalue weighted by atomic mass is 10.0. The first-order valence-corrected chi connectivity index (χ1v) is 4.75. The minimum absolute atomic E-state index is 0.00482. The third-order valence-electron chi connectivity index (χ3n) is 2.30. The van der Waals surface area contributed by atoms with Crippen molar-refractivity contribution in [3.8, 4) is 0 Å². The van der Waals surface area contributed by atoms with Gasteiger partial charge in [0.25, 0.3) is 11.5 Å². The molecule has 0 atom stereocenters. The zero-order valence-electron chi connectivity index (χ0n) is 8.64. The molecule has 0 spiro atoms. The number of hydrogen-bond acceptors (Lipinski definition) is 4. The van der Waals surface area contributed by atoms with Crippen LogP contribution in [-0.2, 0) is 0 Å². The highest BCUT2D eigenvalue weighted by Crippen LogP contribution is 2.17. The molecule has 0 radical (unpaired) electrons. The van der Waals surface area contributed by atoms with Gasteiger partial charge in [-0.3, -0.25) is 0 Å². The normalized spacial score (nSPS) is 11.1. The Labute approximate surface area is 87.1 Å². The molecule has 5 heteroatoms. The fraction of sp³-hybridized carbons (Fsp3) is 0.300. The zero-order chi connectivity index (χ0) is 11.0. The Morgan fingerprint density at radius 1 is 1.40 bits per heavy atom. The van der Waals surface area contributed by atoms with Crippen LogP contribution < -0.4 is 10.6 Å². The first-order chi connectivity index (χ1) is 7.08. The van der Waals surface area contributed by atoms with Crippen LogP contribution in [0.5, 0.6) is 0 Å². The molecule has 0 saturated carbocycles. The second kappa shape index (κ2) is 3.34. The molecule has 0 aliphatic heterocycles. The summed E-state index contributed by atoms with van der Waals surface area (Å²) in [6.45, 7) is 4.13. The van der Waals surface area contributed by atoms with Crippen LogP contribution in [0.1, 0.15) is 25.3 Å². The number of anilines is 1. The maximum absolute atomic E-state index is 11.5. The summed E-state index contributed by atoms with van der Waals surface area (Å²) in [6.07, 6.45) is 0. The second-order valence-corrected chi connectivity index (χ2v) is 3.75. The van der Waals surface area contributed by atoms with E-state index in [4.69, 9.17) is 5.73 Å². The number of hydrogen-bond donors (Lipinski definition) is 1. The van der Waals surface area contributed by atoms with Crippen molar-refractivity contribution in [2.75, 3.05) is 5.73 Å². The summed E-state index contributed by atoms with van der Waals surface area (Å²) in [6, 6.07) is 5.53. The predicted molar refractivity (Wildman–Crippen MR) is 57.0 cm³/mol. The Morgan fingerprint density at radius 2 is 2.13 bits per heavy atom. The highest BCUT2D eigenvalue weighted by atomic mass is 16.5. The molecule has 1 aromatic heterocycles. The zero-order valence-corrected chi connectivity index (χ0v) is 8.64. The van der Waals surface area contributed by atoms with E-state index in [9.17, 15) is 5.21 Å². The molecular formula is C10H12N4O. The van der Waals surface area contributed by atoms with E-state index in [0.29, 0.717) is 21.8 Å². The van der Waals surface area contributed by atoms with Gasteiger partial charge in [0.1, 0.15) is 5.52 Å². The Kier molecular flexibility index (Phi) is 2.15. The summed E-state index contributed by atoms with van der Waals surface area (Å²) < 4.78 is 0. The molecule has 2 rings (SSSR count). The van der Waals surface area contributed by atoms with Crippen molar-refractivity contribution in [1.82, 2.24) is 10.1 Å².